The van der Waals surface area contributed by atoms with Gasteiger partial charge >= 0.3 is 0 Å². The van der Waals surface area contributed by atoms with Gasteiger partial charge in [-0.3, -0.25) is 9.69 Å². The summed E-state index contributed by atoms with van der Waals surface area (Å²) >= 11 is 0. The molecule has 4 nitrogen and oxygen atoms in total. The van der Waals surface area contributed by atoms with Gasteiger partial charge in [-0.15, -0.1) is 0 Å². The summed E-state index contributed by atoms with van der Waals surface area (Å²) in [4.78, 5) is 14.2. The predicted molar refractivity (Wildman–Crippen MR) is 92.3 cm³/mol. The van der Waals surface area contributed by atoms with Gasteiger partial charge in [0.15, 0.2) is 0 Å². The first-order valence-electron chi connectivity index (χ1n) is 7.75. The zero-order chi connectivity index (χ0) is 16.7. The Morgan fingerprint density at radius 2 is 1.78 bits per heavy atom. The van der Waals surface area contributed by atoms with E-state index in [0.29, 0.717) is 6.54 Å². The molecule has 1 unspecified atom stereocenters. The number of methoxy groups -OCH3 is 1. The van der Waals surface area contributed by atoms with Gasteiger partial charge in [0.2, 0.25) is 5.91 Å². The number of carbonyl (C=O) groups excluding carboxylic acids is 1. The Balaban J connectivity index is 1.88. The number of hydrogen-bond acceptors (Lipinski definition) is 3. The number of benzene rings is 2. The summed E-state index contributed by atoms with van der Waals surface area (Å²) in [6.45, 7) is 3.07. The average molecular weight is 312 g/mol. The van der Waals surface area contributed by atoms with E-state index in [2.05, 4.69) is 17.4 Å². The summed E-state index contributed by atoms with van der Waals surface area (Å²) in [5.41, 5.74) is 2.18. The summed E-state index contributed by atoms with van der Waals surface area (Å²) in [5.74, 6) is 0.791. The van der Waals surface area contributed by atoms with Crippen molar-refractivity contribution in [2.45, 2.75) is 19.5 Å². The van der Waals surface area contributed by atoms with Crippen LogP contribution >= 0.6 is 0 Å². The van der Waals surface area contributed by atoms with Crippen LogP contribution in [-0.2, 0) is 11.3 Å². The van der Waals surface area contributed by atoms with Crippen LogP contribution in [0.2, 0.25) is 0 Å². The van der Waals surface area contributed by atoms with E-state index in [-0.39, 0.29) is 11.9 Å². The van der Waals surface area contributed by atoms with Crippen molar-refractivity contribution in [3.63, 3.8) is 0 Å². The topological polar surface area (TPSA) is 41.6 Å². The van der Waals surface area contributed by atoms with Crippen molar-refractivity contribution in [3.05, 3.63) is 65.7 Å². The van der Waals surface area contributed by atoms with Gasteiger partial charge in [-0.2, -0.15) is 0 Å². The molecule has 0 heterocycles. The summed E-state index contributed by atoms with van der Waals surface area (Å²) in [6, 6.07) is 17.8. The third-order valence-corrected chi connectivity index (χ3v) is 3.69. The standard InChI is InChI=1S/C19H24N2O2/c1-15(17-11-7-8-12-18(17)23-3)20-19(22)14-21(2)13-16-9-5-4-6-10-16/h4-12,15H,13-14H2,1-3H3,(H,20,22). The van der Waals surface area contributed by atoms with Crippen molar-refractivity contribution in [1.29, 1.82) is 0 Å². The van der Waals surface area contributed by atoms with Crippen LogP contribution in [0.1, 0.15) is 24.1 Å². The summed E-state index contributed by atoms with van der Waals surface area (Å²) < 4.78 is 5.35. The molecule has 0 aliphatic carbocycles. The van der Waals surface area contributed by atoms with Crippen LogP contribution in [0.4, 0.5) is 0 Å². The second kappa shape index (κ2) is 8.34. The molecule has 4 heteroatoms. The Morgan fingerprint density at radius 3 is 2.48 bits per heavy atom. The molecule has 122 valence electrons. The van der Waals surface area contributed by atoms with E-state index in [4.69, 9.17) is 4.74 Å². The first kappa shape index (κ1) is 17.0. The minimum absolute atomic E-state index is 0.00170. The van der Waals surface area contributed by atoms with E-state index in [1.54, 1.807) is 7.11 Å². The van der Waals surface area contributed by atoms with E-state index >= 15 is 0 Å². The normalized spacial score (nSPS) is 12.0. The van der Waals surface area contributed by atoms with Crippen molar-refractivity contribution in [1.82, 2.24) is 10.2 Å². The predicted octanol–water partition coefficient (Wildman–Crippen LogP) is 3.00. The number of carbonyl (C=O) groups is 1. The molecule has 0 bridgehead atoms. The maximum absolute atomic E-state index is 12.2. The SMILES string of the molecule is COc1ccccc1C(C)NC(=O)CN(C)Cc1ccccc1. The van der Waals surface area contributed by atoms with Gasteiger partial charge < -0.3 is 10.1 Å². The van der Waals surface area contributed by atoms with E-state index in [1.807, 2.05) is 61.3 Å². The average Bonchev–Trinajstić information content (AvgIpc) is 2.55. The smallest absolute Gasteiger partial charge is 0.234 e. The lowest BCUT2D eigenvalue weighted by Crippen LogP contribution is -2.36. The lowest BCUT2D eigenvalue weighted by Gasteiger charge is -2.20. The minimum Gasteiger partial charge on any atom is -0.496 e. The van der Waals surface area contributed by atoms with Crippen LogP contribution in [-0.4, -0.2) is 31.5 Å². The second-order valence-corrected chi connectivity index (χ2v) is 5.69. The van der Waals surface area contributed by atoms with Gasteiger partial charge in [-0.1, -0.05) is 48.5 Å². The number of amides is 1. The fourth-order valence-corrected chi connectivity index (χ4v) is 2.59. The fourth-order valence-electron chi connectivity index (χ4n) is 2.59. The summed E-state index contributed by atoms with van der Waals surface area (Å²) in [7, 11) is 3.58. The van der Waals surface area contributed by atoms with Crippen LogP contribution in [0, 0.1) is 0 Å². The third kappa shape index (κ3) is 5.11. The molecule has 2 aromatic carbocycles. The highest BCUT2D eigenvalue weighted by molar-refractivity contribution is 5.78. The largest absolute Gasteiger partial charge is 0.496 e. The molecule has 0 saturated carbocycles. The Kier molecular flexibility index (Phi) is 6.18. The molecule has 0 spiro atoms. The van der Waals surface area contributed by atoms with Crippen molar-refractivity contribution >= 4 is 5.91 Å². The van der Waals surface area contributed by atoms with Crippen molar-refractivity contribution in [3.8, 4) is 5.75 Å². The zero-order valence-corrected chi connectivity index (χ0v) is 14.0. The highest BCUT2D eigenvalue weighted by Gasteiger charge is 2.14. The van der Waals surface area contributed by atoms with Gasteiger partial charge in [0.25, 0.3) is 0 Å². The molecule has 0 fully saturated rings. The van der Waals surface area contributed by atoms with Crippen molar-refractivity contribution in [2.75, 3.05) is 20.7 Å². The number of nitrogens with zero attached hydrogens (tertiary/aromatic N) is 1. The molecule has 1 N–H and O–H groups in total. The Labute approximate surface area is 138 Å². The van der Waals surface area contributed by atoms with Crippen LogP contribution < -0.4 is 10.1 Å². The summed E-state index contributed by atoms with van der Waals surface area (Å²) in [6.07, 6.45) is 0. The quantitative estimate of drug-likeness (QED) is 0.854. The van der Waals surface area contributed by atoms with Crippen LogP contribution in [0.25, 0.3) is 0 Å². The van der Waals surface area contributed by atoms with Gasteiger partial charge in [-0.25, -0.2) is 0 Å². The van der Waals surface area contributed by atoms with Crippen LogP contribution in [0.5, 0.6) is 5.75 Å². The van der Waals surface area contributed by atoms with E-state index in [1.165, 1.54) is 5.56 Å². The second-order valence-electron chi connectivity index (χ2n) is 5.69. The number of hydrogen-bond donors (Lipinski definition) is 1. The summed E-state index contributed by atoms with van der Waals surface area (Å²) in [5, 5.41) is 3.03. The molecule has 0 radical (unpaired) electrons. The number of likely N-dealkylation sites (N-methyl/N-ethyl adjacent to an activating group) is 1. The minimum atomic E-state index is -0.0937. The number of para-hydroxylation sites is 1. The molecule has 0 aliphatic rings. The van der Waals surface area contributed by atoms with Crippen molar-refractivity contribution in [2.24, 2.45) is 0 Å². The Bertz CT molecular complexity index is 628. The zero-order valence-electron chi connectivity index (χ0n) is 14.0. The molecular weight excluding hydrogens is 288 g/mol. The molecule has 0 aromatic heterocycles. The van der Waals surface area contributed by atoms with Gasteiger partial charge in [-0.05, 0) is 25.6 Å². The first-order chi connectivity index (χ1) is 11.1. The van der Waals surface area contributed by atoms with Crippen molar-refractivity contribution < 1.29 is 9.53 Å². The lowest BCUT2D eigenvalue weighted by atomic mass is 10.1. The molecule has 23 heavy (non-hydrogen) atoms. The Hall–Kier alpha value is -2.33. The molecule has 1 atom stereocenters. The maximum atomic E-state index is 12.2. The van der Waals surface area contributed by atoms with E-state index < -0.39 is 0 Å². The number of nitrogens with one attached hydrogen (secondary N) is 1. The fraction of sp³-hybridized carbons (Fsp3) is 0.316. The van der Waals surface area contributed by atoms with Crippen LogP contribution in [0.15, 0.2) is 54.6 Å². The Morgan fingerprint density at radius 1 is 1.13 bits per heavy atom. The molecule has 0 aliphatic heterocycles. The van der Waals surface area contributed by atoms with Gasteiger partial charge in [0, 0.05) is 12.1 Å². The molecule has 1 amide bonds. The van der Waals surface area contributed by atoms with E-state index in [0.717, 1.165) is 17.9 Å². The van der Waals surface area contributed by atoms with Gasteiger partial charge in [0.05, 0.1) is 19.7 Å². The maximum Gasteiger partial charge on any atom is 0.234 e. The molecule has 0 saturated heterocycles. The molecule has 2 rings (SSSR count). The first-order valence-corrected chi connectivity index (χ1v) is 7.75. The van der Waals surface area contributed by atoms with E-state index in [9.17, 15) is 4.79 Å². The highest BCUT2D eigenvalue weighted by Crippen LogP contribution is 2.24. The number of rotatable bonds is 7. The van der Waals surface area contributed by atoms with Crippen LogP contribution in [0.3, 0.4) is 0 Å². The highest BCUT2D eigenvalue weighted by atomic mass is 16.5. The molecule has 2 aromatic rings. The van der Waals surface area contributed by atoms with Gasteiger partial charge in [0.1, 0.15) is 5.75 Å². The lowest BCUT2D eigenvalue weighted by molar-refractivity contribution is -0.122. The molecular formula is C19H24N2O2. The monoisotopic (exact) mass is 312 g/mol. The number of ether oxygens (including phenoxy) is 1. The third-order valence-electron chi connectivity index (χ3n) is 3.69.